The number of esters is 1. The van der Waals surface area contributed by atoms with Gasteiger partial charge in [-0.05, 0) is 62.4 Å². The van der Waals surface area contributed by atoms with Crippen molar-refractivity contribution in [1.82, 2.24) is 4.57 Å². The molecule has 0 radical (unpaired) electrons. The van der Waals surface area contributed by atoms with Crippen LogP contribution in [0.15, 0.2) is 89.0 Å². The molecule has 1 N–H and O–H groups in total. The van der Waals surface area contributed by atoms with E-state index in [2.05, 4.69) is 36.9 Å². The summed E-state index contributed by atoms with van der Waals surface area (Å²) in [5.41, 5.74) is 1.66. The molecule has 0 amide bonds. The molecule has 37 heavy (non-hydrogen) atoms. The lowest BCUT2D eigenvalue weighted by atomic mass is 10.0. The largest absolute Gasteiger partial charge is 0.507 e. The van der Waals surface area contributed by atoms with Crippen LogP contribution < -0.4 is 14.9 Å². The zero-order valence-corrected chi connectivity index (χ0v) is 23.7. The zero-order chi connectivity index (χ0) is 26.3. The van der Waals surface area contributed by atoms with Gasteiger partial charge in [0.25, 0.3) is 5.56 Å². The molecule has 2 aromatic carbocycles. The highest BCUT2D eigenvalue weighted by atomic mass is 79.9. The first-order chi connectivity index (χ1) is 17.8. The number of carbonyl (C=O) groups is 1. The summed E-state index contributed by atoms with van der Waals surface area (Å²) in [5.74, 6) is 0.489. The zero-order valence-electron chi connectivity index (χ0n) is 19.7. The molecule has 188 valence electrons. The minimum atomic E-state index is -0.863. The topological polar surface area (TPSA) is 94.0 Å². The number of ether oxygens (including phenoxy) is 1. The predicted octanol–water partition coefficient (Wildman–Crippen LogP) is 5.29. The molecular formula is C27H20Br2N2O5S. The smallest absolute Gasteiger partial charge is 0.338 e. The first kappa shape index (κ1) is 25.4. The highest BCUT2D eigenvalue weighted by Crippen LogP contribution is 2.34. The molecule has 1 aliphatic rings. The van der Waals surface area contributed by atoms with Gasteiger partial charge in [0, 0.05) is 20.1 Å². The van der Waals surface area contributed by atoms with Crippen molar-refractivity contribution >= 4 is 55.2 Å². The molecule has 1 aliphatic heterocycles. The van der Waals surface area contributed by atoms with Gasteiger partial charge in [0.05, 0.1) is 22.4 Å². The van der Waals surface area contributed by atoms with Crippen LogP contribution in [0.1, 0.15) is 31.2 Å². The Morgan fingerprint density at radius 3 is 2.62 bits per heavy atom. The Morgan fingerprint density at radius 1 is 1.16 bits per heavy atom. The first-order valence-corrected chi connectivity index (χ1v) is 13.7. The molecule has 0 spiro atoms. The number of allylic oxidation sites excluding steroid dienone is 1. The summed E-state index contributed by atoms with van der Waals surface area (Å²) in [5, 5.41) is 10.3. The summed E-state index contributed by atoms with van der Waals surface area (Å²) >= 11 is 8.00. The second-order valence-electron chi connectivity index (χ2n) is 8.21. The van der Waals surface area contributed by atoms with Gasteiger partial charge in [0.1, 0.15) is 23.3 Å². The van der Waals surface area contributed by atoms with E-state index in [4.69, 9.17) is 9.15 Å². The van der Waals surface area contributed by atoms with Crippen LogP contribution in [0.3, 0.4) is 0 Å². The van der Waals surface area contributed by atoms with Crippen LogP contribution in [-0.2, 0) is 9.53 Å². The van der Waals surface area contributed by atoms with Crippen molar-refractivity contribution < 1.29 is 19.1 Å². The van der Waals surface area contributed by atoms with Crippen molar-refractivity contribution in [2.24, 2.45) is 4.99 Å². The minimum absolute atomic E-state index is 0.0409. The highest BCUT2D eigenvalue weighted by Gasteiger charge is 2.35. The van der Waals surface area contributed by atoms with E-state index >= 15 is 0 Å². The Kier molecular flexibility index (Phi) is 7.06. The van der Waals surface area contributed by atoms with Crippen molar-refractivity contribution in [3.8, 4) is 17.1 Å². The third-order valence-corrected chi connectivity index (χ3v) is 7.82. The number of phenols is 1. The van der Waals surface area contributed by atoms with Gasteiger partial charge in [-0.15, -0.1) is 0 Å². The Labute approximate surface area is 232 Å². The maximum Gasteiger partial charge on any atom is 0.338 e. The maximum atomic E-state index is 13.7. The van der Waals surface area contributed by atoms with E-state index in [1.165, 1.54) is 15.9 Å². The molecule has 1 atom stereocenters. The molecule has 4 aromatic rings. The van der Waals surface area contributed by atoms with Gasteiger partial charge in [-0.25, -0.2) is 9.79 Å². The highest BCUT2D eigenvalue weighted by molar-refractivity contribution is 9.10. The van der Waals surface area contributed by atoms with Crippen LogP contribution in [0.5, 0.6) is 5.75 Å². The molecule has 2 aromatic heterocycles. The molecule has 5 rings (SSSR count). The second-order valence-corrected chi connectivity index (χ2v) is 11.1. The van der Waals surface area contributed by atoms with Crippen molar-refractivity contribution in [1.29, 1.82) is 0 Å². The maximum absolute atomic E-state index is 13.7. The number of rotatable bonds is 5. The van der Waals surface area contributed by atoms with Gasteiger partial charge in [-0.3, -0.25) is 9.36 Å². The number of phenolic OH excluding ortho intramolecular Hbond substituents is 1. The predicted molar refractivity (Wildman–Crippen MR) is 148 cm³/mol. The van der Waals surface area contributed by atoms with Crippen molar-refractivity contribution in [2.45, 2.75) is 19.9 Å². The number of hydrogen-bond acceptors (Lipinski definition) is 7. The van der Waals surface area contributed by atoms with Gasteiger partial charge in [0.2, 0.25) is 0 Å². The van der Waals surface area contributed by atoms with Gasteiger partial charge in [-0.2, -0.15) is 0 Å². The summed E-state index contributed by atoms with van der Waals surface area (Å²) in [7, 11) is 0. The monoisotopic (exact) mass is 642 g/mol. The number of aromatic nitrogens is 1. The van der Waals surface area contributed by atoms with E-state index in [-0.39, 0.29) is 23.5 Å². The van der Waals surface area contributed by atoms with Crippen LogP contribution in [0.2, 0.25) is 0 Å². The molecule has 0 bridgehead atoms. The Morgan fingerprint density at radius 2 is 1.89 bits per heavy atom. The number of hydrogen-bond donors (Lipinski definition) is 1. The number of carbonyl (C=O) groups excluding carboxylic acids is 1. The quantitative estimate of drug-likeness (QED) is 0.298. The van der Waals surface area contributed by atoms with Crippen molar-refractivity contribution in [3.63, 3.8) is 0 Å². The molecule has 0 unspecified atom stereocenters. The fourth-order valence-corrected chi connectivity index (χ4v) is 5.79. The van der Waals surface area contributed by atoms with E-state index in [0.29, 0.717) is 32.1 Å². The van der Waals surface area contributed by atoms with E-state index in [1.54, 1.807) is 44.2 Å². The lowest BCUT2D eigenvalue weighted by molar-refractivity contribution is -0.139. The number of fused-ring (bicyclic) bond motifs is 1. The lowest BCUT2D eigenvalue weighted by Gasteiger charge is -2.22. The van der Waals surface area contributed by atoms with E-state index in [9.17, 15) is 14.7 Å². The van der Waals surface area contributed by atoms with E-state index in [1.807, 2.05) is 30.3 Å². The average molecular weight is 644 g/mol. The number of aromatic hydroxyl groups is 1. The summed E-state index contributed by atoms with van der Waals surface area (Å²) in [6, 6.07) is 15.3. The molecule has 10 heteroatoms. The number of thiazole rings is 1. The number of nitrogens with zero attached hydrogens (tertiary/aromatic N) is 2. The van der Waals surface area contributed by atoms with Crippen molar-refractivity contribution in [2.75, 3.05) is 6.61 Å². The fourth-order valence-electron chi connectivity index (χ4n) is 4.11. The molecule has 0 fully saturated rings. The standard InChI is InChI=1S/C27H20Br2N2O5S/c1-3-35-26(34)23-14(2)30-27-31(25(33)22(37-27)13-16-12-18(29)8-9-19(16)32)24(23)21-11-10-20(36-21)15-4-6-17(28)7-5-15/h4-13,24,32H,3H2,1-2H3/b22-13-/t24-/m0/s1. The van der Waals surface area contributed by atoms with E-state index in [0.717, 1.165) is 14.5 Å². The Bertz CT molecular complexity index is 1730. The SMILES string of the molecule is CCOC(=O)C1=C(C)N=c2s/c(=C\c3cc(Br)ccc3O)c(=O)n2[C@H]1c1ccc(-c2ccc(Br)cc2)o1. The van der Waals surface area contributed by atoms with Crippen molar-refractivity contribution in [3.05, 3.63) is 106 Å². The molecular weight excluding hydrogens is 624 g/mol. The summed E-state index contributed by atoms with van der Waals surface area (Å²) in [6.07, 6.45) is 1.61. The molecule has 0 saturated carbocycles. The lowest BCUT2D eigenvalue weighted by Crippen LogP contribution is -2.39. The van der Waals surface area contributed by atoms with Gasteiger partial charge in [-0.1, -0.05) is 55.3 Å². The molecule has 7 nitrogen and oxygen atoms in total. The van der Waals surface area contributed by atoms with Gasteiger partial charge >= 0.3 is 5.97 Å². The first-order valence-electron chi connectivity index (χ1n) is 11.3. The number of furan rings is 1. The summed E-state index contributed by atoms with van der Waals surface area (Å²) < 4.78 is 15.1. The van der Waals surface area contributed by atoms with Gasteiger partial charge < -0.3 is 14.3 Å². The third kappa shape index (κ3) is 4.88. The molecule has 0 aliphatic carbocycles. The Balaban J connectivity index is 1.70. The molecule has 0 saturated heterocycles. The van der Waals surface area contributed by atoms with Crippen LogP contribution in [0.25, 0.3) is 17.4 Å². The second kappa shape index (κ2) is 10.3. The van der Waals surface area contributed by atoms with Gasteiger partial charge in [0.15, 0.2) is 4.80 Å². The van der Waals surface area contributed by atoms with Crippen LogP contribution in [0, 0.1) is 0 Å². The average Bonchev–Trinajstić information content (AvgIpc) is 3.46. The minimum Gasteiger partial charge on any atom is -0.507 e. The van der Waals surface area contributed by atoms with Crippen LogP contribution in [-0.4, -0.2) is 22.2 Å². The number of benzene rings is 2. The van der Waals surface area contributed by atoms with Crippen LogP contribution >= 0.6 is 43.2 Å². The third-order valence-electron chi connectivity index (χ3n) is 5.82. The normalized spacial score (nSPS) is 15.5. The Hall–Kier alpha value is -3.21. The number of halogens is 2. The van der Waals surface area contributed by atoms with E-state index < -0.39 is 12.0 Å². The summed E-state index contributed by atoms with van der Waals surface area (Å²) in [6.45, 7) is 3.62. The fraction of sp³-hybridized carbons (Fsp3) is 0.148. The molecule has 3 heterocycles. The summed E-state index contributed by atoms with van der Waals surface area (Å²) in [4.78, 5) is 31.8. The van der Waals surface area contributed by atoms with Crippen LogP contribution in [0.4, 0.5) is 0 Å².